The smallest absolute Gasteiger partial charge is 0.306 e. The Morgan fingerprint density at radius 1 is 1.28 bits per heavy atom. The molecule has 0 saturated heterocycles. The van der Waals surface area contributed by atoms with E-state index in [1.54, 1.807) is 0 Å². The van der Waals surface area contributed by atoms with Crippen LogP contribution in [0.3, 0.4) is 0 Å². The topological polar surface area (TPSA) is 78.6 Å². The molecule has 0 spiro atoms. The van der Waals surface area contributed by atoms with Crippen molar-refractivity contribution in [3.63, 3.8) is 0 Å². The molecule has 0 bridgehead atoms. The molecule has 0 aliphatic carbocycles. The number of imidazole rings is 1. The Balaban J connectivity index is 2.06. The minimum atomic E-state index is -0.220. The molecule has 3 rings (SSSR count). The number of aromatic amines is 2. The number of aldehydes is 1. The number of carbonyl (C=O) groups is 1. The lowest BCUT2D eigenvalue weighted by Gasteiger charge is -1.96. The summed E-state index contributed by atoms with van der Waals surface area (Å²) in [5.74, 6) is 0. The van der Waals surface area contributed by atoms with Crippen molar-refractivity contribution in [3.8, 4) is 11.3 Å². The maximum atomic E-state index is 11.2. The molecule has 2 heterocycles. The van der Waals surface area contributed by atoms with Crippen molar-refractivity contribution in [2.45, 2.75) is 6.42 Å². The van der Waals surface area contributed by atoms with Gasteiger partial charge < -0.3 is 14.8 Å². The molecule has 1 aromatic carbocycles. The Hall–Kier alpha value is -2.21. The fourth-order valence-corrected chi connectivity index (χ4v) is 2.55. The predicted molar refractivity (Wildman–Crippen MR) is 69.8 cm³/mol. The van der Waals surface area contributed by atoms with Crippen LogP contribution in [-0.2, 0) is 11.2 Å². The lowest BCUT2D eigenvalue weighted by Crippen LogP contribution is -1.99. The van der Waals surface area contributed by atoms with Crippen LogP contribution in [0.15, 0.2) is 28.4 Å². The summed E-state index contributed by atoms with van der Waals surface area (Å²) in [5.41, 5.74) is 3.04. The third-order valence-corrected chi connectivity index (χ3v) is 3.49. The van der Waals surface area contributed by atoms with E-state index in [2.05, 4.69) is 15.0 Å². The van der Waals surface area contributed by atoms with Gasteiger partial charge in [-0.15, -0.1) is 11.3 Å². The lowest BCUT2D eigenvalue weighted by atomic mass is 10.1. The molecule has 0 amide bonds. The van der Waals surface area contributed by atoms with E-state index in [9.17, 15) is 9.59 Å². The summed E-state index contributed by atoms with van der Waals surface area (Å²) < 4.78 is 0. The number of hydrogen-bond acceptors (Lipinski definition) is 4. The molecule has 3 aromatic rings. The van der Waals surface area contributed by atoms with Gasteiger partial charge in [-0.1, -0.05) is 6.07 Å². The van der Waals surface area contributed by atoms with E-state index < -0.39 is 0 Å². The van der Waals surface area contributed by atoms with Gasteiger partial charge in [-0.05, 0) is 12.1 Å². The molecule has 2 aromatic heterocycles. The van der Waals surface area contributed by atoms with Crippen LogP contribution in [0, 0.1) is 0 Å². The summed E-state index contributed by atoms with van der Waals surface area (Å²) in [5, 5.41) is 2.70. The molecular formula is C12H9N3O2S. The first-order chi connectivity index (χ1) is 8.76. The molecule has 0 unspecified atom stereocenters. The minimum absolute atomic E-state index is 0.220. The summed E-state index contributed by atoms with van der Waals surface area (Å²) in [7, 11) is 0. The van der Waals surface area contributed by atoms with Crippen molar-refractivity contribution < 1.29 is 4.79 Å². The lowest BCUT2D eigenvalue weighted by molar-refractivity contribution is -0.107. The normalized spacial score (nSPS) is 10.9. The van der Waals surface area contributed by atoms with Gasteiger partial charge in [0.1, 0.15) is 11.3 Å². The van der Waals surface area contributed by atoms with Crippen molar-refractivity contribution in [2.75, 3.05) is 0 Å². The minimum Gasteiger partial charge on any atom is -0.306 e. The van der Waals surface area contributed by atoms with Crippen LogP contribution in [0.2, 0.25) is 0 Å². The van der Waals surface area contributed by atoms with Gasteiger partial charge in [-0.25, -0.2) is 9.78 Å². The maximum Gasteiger partial charge on any atom is 0.323 e. The first-order valence-corrected chi connectivity index (χ1v) is 6.25. The average molecular weight is 259 g/mol. The van der Waals surface area contributed by atoms with Crippen molar-refractivity contribution in [1.29, 1.82) is 0 Å². The van der Waals surface area contributed by atoms with E-state index >= 15 is 0 Å². The number of hydrogen-bond donors (Lipinski definition) is 2. The third-order valence-electron chi connectivity index (χ3n) is 2.62. The van der Waals surface area contributed by atoms with Crippen LogP contribution >= 0.6 is 11.3 Å². The SMILES string of the molecule is O=CCc1nc(-c2ccc3[nH]c(=O)[nH]c3c2)cs1. The number of fused-ring (bicyclic) bond motifs is 1. The van der Waals surface area contributed by atoms with Crippen LogP contribution in [0.4, 0.5) is 0 Å². The zero-order valence-electron chi connectivity index (χ0n) is 9.27. The van der Waals surface area contributed by atoms with Gasteiger partial charge in [0.25, 0.3) is 0 Å². The summed E-state index contributed by atoms with van der Waals surface area (Å²) in [6, 6.07) is 5.60. The summed E-state index contributed by atoms with van der Waals surface area (Å²) in [6.45, 7) is 0. The zero-order chi connectivity index (χ0) is 12.5. The monoisotopic (exact) mass is 259 g/mol. The Kier molecular flexibility index (Phi) is 2.56. The van der Waals surface area contributed by atoms with E-state index in [-0.39, 0.29) is 5.69 Å². The highest BCUT2D eigenvalue weighted by atomic mass is 32.1. The number of benzene rings is 1. The Bertz CT molecular complexity index is 769. The fraction of sp³-hybridized carbons (Fsp3) is 0.0833. The Morgan fingerprint density at radius 3 is 2.94 bits per heavy atom. The molecule has 90 valence electrons. The Labute approximate surface area is 106 Å². The molecule has 5 nitrogen and oxygen atoms in total. The standard InChI is InChI=1S/C12H9N3O2S/c16-4-3-11-13-10(6-18-11)7-1-2-8-9(5-7)15-12(17)14-8/h1-2,4-6H,3H2,(H2,14,15,17). The molecule has 6 heteroatoms. The third kappa shape index (κ3) is 1.86. The highest BCUT2D eigenvalue weighted by Crippen LogP contribution is 2.24. The zero-order valence-corrected chi connectivity index (χ0v) is 10.1. The van der Waals surface area contributed by atoms with Gasteiger partial charge in [0, 0.05) is 10.9 Å². The van der Waals surface area contributed by atoms with Crippen molar-refractivity contribution >= 4 is 28.7 Å². The van der Waals surface area contributed by atoms with E-state index in [0.717, 1.165) is 33.6 Å². The van der Waals surface area contributed by atoms with Crippen molar-refractivity contribution in [3.05, 3.63) is 39.1 Å². The average Bonchev–Trinajstić information content (AvgIpc) is 2.93. The first-order valence-electron chi connectivity index (χ1n) is 5.37. The number of nitrogens with zero attached hydrogens (tertiary/aromatic N) is 1. The number of nitrogens with one attached hydrogen (secondary N) is 2. The van der Waals surface area contributed by atoms with Gasteiger partial charge >= 0.3 is 5.69 Å². The largest absolute Gasteiger partial charge is 0.323 e. The molecule has 0 fully saturated rings. The van der Waals surface area contributed by atoms with Crippen LogP contribution in [0.25, 0.3) is 22.3 Å². The molecule has 18 heavy (non-hydrogen) atoms. The molecule has 0 saturated carbocycles. The highest BCUT2D eigenvalue weighted by Gasteiger charge is 2.06. The fourth-order valence-electron chi connectivity index (χ4n) is 1.80. The highest BCUT2D eigenvalue weighted by molar-refractivity contribution is 7.10. The van der Waals surface area contributed by atoms with E-state index in [1.165, 1.54) is 11.3 Å². The summed E-state index contributed by atoms with van der Waals surface area (Å²) >= 11 is 1.46. The van der Waals surface area contributed by atoms with Gasteiger partial charge in [-0.3, -0.25) is 0 Å². The number of thiazole rings is 1. The molecule has 0 atom stereocenters. The number of H-pyrrole nitrogens is 2. The van der Waals surface area contributed by atoms with Gasteiger partial charge in [0.05, 0.1) is 23.1 Å². The molecule has 0 radical (unpaired) electrons. The van der Waals surface area contributed by atoms with Crippen molar-refractivity contribution in [1.82, 2.24) is 15.0 Å². The summed E-state index contributed by atoms with van der Waals surface area (Å²) in [6.07, 6.45) is 1.18. The van der Waals surface area contributed by atoms with Crippen LogP contribution in [-0.4, -0.2) is 21.2 Å². The maximum absolute atomic E-state index is 11.2. The second kappa shape index (κ2) is 4.23. The van der Waals surface area contributed by atoms with Crippen molar-refractivity contribution in [2.24, 2.45) is 0 Å². The molecule has 0 aliphatic rings. The number of carbonyl (C=O) groups excluding carboxylic acids is 1. The predicted octanol–water partition coefficient (Wildman–Crippen LogP) is 1.72. The first kappa shape index (κ1) is 10.9. The van der Waals surface area contributed by atoms with Crippen LogP contribution in [0.5, 0.6) is 0 Å². The Morgan fingerprint density at radius 2 is 2.11 bits per heavy atom. The summed E-state index contributed by atoms with van der Waals surface area (Å²) in [4.78, 5) is 31.3. The van der Waals surface area contributed by atoms with Crippen LogP contribution < -0.4 is 5.69 Å². The van der Waals surface area contributed by atoms with E-state index in [4.69, 9.17) is 0 Å². The second-order valence-electron chi connectivity index (χ2n) is 3.84. The van der Waals surface area contributed by atoms with Gasteiger partial charge in [0.2, 0.25) is 0 Å². The van der Waals surface area contributed by atoms with E-state index in [0.29, 0.717) is 6.42 Å². The number of aromatic nitrogens is 3. The number of rotatable bonds is 3. The molecule has 0 aliphatic heterocycles. The van der Waals surface area contributed by atoms with Crippen LogP contribution in [0.1, 0.15) is 5.01 Å². The van der Waals surface area contributed by atoms with Gasteiger partial charge in [0.15, 0.2) is 0 Å². The quantitative estimate of drug-likeness (QED) is 0.703. The molecular weight excluding hydrogens is 250 g/mol. The second-order valence-corrected chi connectivity index (χ2v) is 4.78. The molecule has 2 N–H and O–H groups in total. The van der Waals surface area contributed by atoms with Gasteiger partial charge in [-0.2, -0.15) is 0 Å². The van der Waals surface area contributed by atoms with E-state index in [1.807, 2.05) is 23.6 Å².